The SMILES string of the molecule is Cc1cc(CNC(=O)CCCCNc2cccc3c2C(=O)N(C2CCC(=O)NC2=O)C3=O)cc(C)c1C. The maximum absolute atomic E-state index is 13.1. The maximum Gasteiger partial charge on any atom is 0.264 e. The van der Waals surface area contributed by atoms with E-state index >= 15 is 0 Å². The lowest BCUT2D eigenvalue weighted by molar-refractivity contribution is -0.136. The monoisotopic (exact) mass is 504 g/mol. The van der Waals surface area contributed by atoms with Crippen LogP contribution in [0.15, 0.2) is 30.3 Å². The van der Waals surface area contributed by atoms with Crippen LogP contribution in [-0.2, 0) is 20.9 Å². The van der Waals surface area contributed by atoms with Gasteiger partial charge >= 0.3 is 0 Å². The second kappa shape index (κ2) is 10.9. The summed E-state index contributed by atoms with van der Waals surface area (Å²) in [6, 6.07) is 8.16. The van der Waals surface area contributed by atoms with Crippen molar-refractivity contribution in [2.45, 2.75) is 65.5 Å². The van der Waals surface area contributed by atoms with Gasteiger partial charge in [0.05, 0.1) is 11.1 Å². The summed E-state index contributed by atoms with van der Waals surface area (Å²) in [7, 11) is 0. The van der Waals surface area contributed by atoms with Gasteiger partial charge in [0, 0.05) is 31.6 Å². The lowest BCUT2D eigenvalue weighted by Crippen LogP contribution is -2.54. The zero-order valence-electron chi connectivity index (χ0n) is 21.4. The van der Waals surface area contributed by atoms with Gasteiger partial charge in [-0.25, -0.2) is 0 Å². The molecule has 2 aliphatic heterocycles. The fourth-order valence-corrected chi connectivity index (χ4v) is 4.81. The number of amides is 5. The first-order valence-electron chi connectivity index (χ1n) is 12.6. The van der Waals surface area contributed by atoms with Gasteiger partial charge in [0.25, 0.3) is 11.8 Å². The van der Waals surface area contributed by atoms with E-state index < -0.39 is 29.7 Å². The Kier molecular flexibility index (Phi) is 7.71. The van der Waals surface area contributed by atoms with Crippen LogP contribution < -0.4 is 16.0 Å². The fraction of sp³-hybridized carbons (Fsp3) is 0.393. The van der Waals surface area contributed by atoms with Crippen LogP contribution >= 0.6 is 0 Å². The van der Waals surface area contributed by atoms with E-state index in [1.54, 1.807) is 18.2 Å². The lowest BCUT2D eigenvalue weighted by atomic mass is 10.0. The predicted molar refractivity (Wildman–Crippen MR) is 138 cm³/mol. The number of hydrogen-bond donors (Lipinski definition) is 3. The van der Waals surface area contributed by atoms with Crippen molar-refractivity contribution in [3.8, 4) is 0 Å². The molecule has 1 atom stereocenters. The van der Waals surface area contributed by atoms with Gasteiger partial charge in [-0.05, 0) is 74.4 Å². The number of aryl methyl sites for hydroxylation is 2. The van der Waals surface area contributed by atoms with Crippen molar-refractivity contribution in [3.05, 3.63) is 63.7 Å². The van der Waals surface area contributed by atoms with Crippen LogP contribution in [-0.4, -0.2) is 47.0 Å². The van der Waals surface area contributed by atoms with E-state index in [1.807, 2.05) is 0 Å². The first kappa shape index (κ1) is 26.1. The van der Waals surface area contributed by atoms with Crippen molar-refractivity contribution in [2.75, 3.05) is 11.9 Å². The molecule has 4 rings (SSSR count). The Morgan fingerprint density at radius 2 is 1.76 bits per heavy atom. The number of nitrogens with one attached hydrogen (secondary N) is 3. The molecule has 9 nitrogen and oxygen atoms in total. The highest BCUT2D eigenvalue weighted by Crippen LogP contribution is 2.32. The minimum absolute atomic E-state index is 0.0165. The topological polar surface area (TPSA) is 125 Å². The van der Waals surface area contributed by atoms with Crippen LogP contribution in [0.25, 0.3) is 0 Å². The van der Waals surface area contributed by atoms with Gasteiger partial charge in [-0.2, -0.15) is 0 Å². The number of imide groups is 2. The molecule has 9 heteroatoms. The molecule has 37 heavy (non-hydrogen) atoms. The summed E-state index contributed by atoms with van der Waals surface area (Å²) < 4.78 is 0. The van der Waals surface area contributed by atoms with E-state index in [0.29, 0.717) is 38.0 Å². The molecule has 5 amide bonds. The lowest BCUT2D eigenvalue weighted by Gasteiger charge is -2.27. The van der Waals surface area contributed by atoms with Crippen molar-refractivity contribution in [1.82, 2.24) is 15.5 Å². The Morgan fingerprint density at radius 3 is 2.46 bits per heavy atom. The van der Waals surface area contributed by atoms with Crippen molar-refractivity contribution in [1.29, 1.82) is 0 Å². The second-order valence-electron chi connectivity index (χ2n) is 9.69. The molecule has 1 fully saturated rings. The normalized spacial score (nSPS) is 17.1. The number of nitrogens with zero attached hydrogens (tertiary/aromatic N) is 1. The molecule has 194 valence electrons. The number of fused-ring (bicyclic) bond motifs is 1. The maximum atomic E-state index is 13.1. The van der Waals surface area contributed by atoms with Crippen molar-refractivity contribution >= 4 is 35.2 Å². The highest BCUT2D eigenvalue weighted by atomic mass is 16.2. The molecule has 0 saturated carbocycles. The Bertz CT molecular complexity index is 1260. The molecule has 2 aliphatic rings. The molecule has 0 spiro atoms. The zero-order valence-corrected chi connectivity index (χ0v) is 21.4. The van der Waals surface area contributed by atoms with Gasteiger partial charge in [0.1, 0.15) is 6.04 Å². The smallest absolute Gasteiger partial charge is 0.264 e. The van der Waals surface area contributed by atoms with Gasteiger partial charge < -0.3 is 10.6 Å². The van der Waals surface area contributed by atoms with Crippen molar-refractivity contribution in [2.24, 2.45) is 0 Å². The molecular formula is C28H32N4O5. The molecule has 2 heterocycles. The van der Waals surface area contributed by atoms with Crippen LogP contribution in [0.4, 0.5) is 5.69 Å². The average molecular weight is 505 g/mol. The second-order valence-corrected chi connectivity index (χ2v) is 9.69. The fourth-order valence-electron chi connectivity index (χ4n) is 4.81. The number of hydrogen-bond acceptors (Lipinski definition) is 6. The Hall–Kier alpha value is -4.01. The molecule has 2 aromatic rings. The number of carbonyl (C=O) groups is 5. The van der Waals surface area contributed by atoms with Crippen LogP contribution in [0.5, 0.6) is 0 Å². The Morgan fingerprint density at radius 1 is 1.03 bits per heavy atom. The van der Waals surface area contributed by atoms with E-state index in [-0.39, 0.29) is 29.9 Å². The molecule has 1 unspecified atom stereocenters. The predicted octanol–water partition coefficient (Wildman–Crippen LogP) is 2.91. The number of unbranched alkanes of at least 4 members (excludes halogenated alkanes) is 1. The molecule has 0 aromatic heterocycles. The molecule has 2 aromatic carbocycles. The summed E-state index contributed by atoms with van der Waals surface area (Å²) in [5.74, 6) is -2.13. The third kappa shape index (κ3) is 5.55. The van der Waals surface area contributed by atoms with E-state index in [2.05, 4.69) is 48.9 Å². The third-order valence-corrected chi connectivity index (χ3v) is 7.09. The highest BCUT2D eigenvalue weighted by molar-refractivity contribution is 6.25. The van der Waals surface area contributed by atoms with Crippen molar-refractivity contribution < 1.29 is 24.0 Å². The minimum atomic E-state index is -0.996. The van der Waals surface area contributed by atoms with Gasteiger partial charge in [-0.3, -0.25) is 34.2 Å². The van der Waals surface area contributed by atoms with Gasteiger partial charge in [0.2, 0.25) is 17.7 Å². The summed E-state index contributed by atoms with van der Waals surface area (Å²) >= 11 is 0. The molecule has 1 saturated heterocycles. The highest BCUT2D eigenvalue weighted by Gasteiger charge is 2.45. The van der Waals surface area contributed by atoms with Crippen LogP contribution in [0.1, 0.15) is 75.1 Å². The summed E-state index contributed by atoms with van der Waals surface area (Å²) in [6.07, 6.45) is 1.93. The van der Waals surface area contributed by atoms with Crippen molar-refractivity contribution in [3.63, 3.8) is 0 Å². The average Bonchev–Trinajstić information content (AvgIpc) is 3.11. The third-order valence-electron chi connectivity index (χ3n) is 7.09. The van der Waals surface area contributed by atoms with E-state index in [1.165, 1.54) is 16.7 Å². The number of benzene rings is 2. The zero-order chi connectivity index (χ0) is 26.7. The Balaban J connectivity index is 1.27. The summed E-state index contributed by atoms with van der Waals surface area (Å²) in [5, 5.41) is 8.37. The molecule has 3 N–H and O–H groups in total. The largest absolute Gasteiger partial charge is 0.384 e. The standard InChI is InChI=1S/C28H32N4O5/c1-16-13-19(14-17(2)18(16)3)15-30-23(33)9-4-5-12-29-21-8-6-7-20-25(21)28(37)32(27(20)36)22-10-11-24(34)31-26(22)35/h6-8,13-14,22,29H,4-5,9-12,15H2,1-3H3,(H,30,33)(H,31,34,35). The summed E-state index contributed by atoms with van der Waals surface area (Å²) in [5.41, 5.74) is 5.76. The van der Waals surface area contributed by atoms with Gasteiger partial charge in [-0.15, -0.1) is 0 Å². The first-order valence-corrected chi connectivity index (χ1v) is 12.6. The number of carbonyl (C=O) groups excluding carboxylic acids is 5. The van der Waals surface area contributed by atoms with E-state index in [9.17, 15) is 24.0 Å². The minimum Gasteiger partial charge on any atom is -0.384 e. The number of anilines is 1. The molecule has 0 aliphatic carbocycles. The van der Waals surface area contributed by atoms with E-state index in [0.717, 1.165) is 10.5 Å². The number of rotatable bonds is 9. The van der Waals surface area contributed by atoms with Crippen LogP contribution in [0.3, 0.4) is 0 Å². The van der Waals surface area contributed by atoms with Crippen LogP contribution in [0, 0.1) is 20.8 Å². The summed E-state index contributed by atoms with van der Waals surface area (Å²) in [6.45, 7) is 7.24. The van der Waals surface area contributed by atoms with Crippen LogP contribution in [0.2, 0.25) is 0 Å². The van der Waals surface area contributed by atoms with Gasteiger partial charge in [0.15, 0.2) is 0 Å². The van der Waals surface area contributed by atoms with Gasteiger partial charge in [-0.1, -0.05) is 18.2 Å². The molecular weight excluding hydrogens is 472 g/mol. The number of piperidine rings is 1. The molecule has 0 bridgehead atoms. The summed E-state index contributed by atoms with van der Waals surface area (Å²) in [4.78, 5) is 63.0. The van der Waals surface area contributed by atoms with E-state index in [4.69, 9.17) is 0 Å². The Labute approximate surface area is 216 Å². The molecule has 0 radical (unpaired) electrons. The quantitative estimate of drug-likeness (QED) is 0.356. The first-order chi connectivity index (χ1) is 17.7.